The predicted molar refractivity (Wildman–Crippen MR) is 69.3 cm³/mol. The lowest BCUT2D eigenvalue weighted by molar-refractivity contribution is 0.0793. The number of furan rings is 1. The summed E-state index contributed by atoms with van der Waals surface area (Å²) in [5.74, 6) is 0.859. The van der Waals surface area contributed by atoms with Crippen molar-refractivity contribution in [3.05, 3.63) is 48.2 Å². The van der Waals surface area contributed by atoms with Crippen LogP contribution in [-0.4, -0.2) is 23.9 Å². The summed E-state index contributed by atoms with van der Waals surface area (Å²) in [6.07, 6.45) is 3.84. The van der Waals surface area contributed by atoms with Crippen LogP contribution in [0.3, 0.4) is 0 Å². The third kappa shape index (κ3) is 1.92. The van der Waals surface area contributed by atoms with Crippen LogP contribution in [0.2, 0.25) is 0 Å². The molecule has 0 bridgehead atoms. The number of hydrogen-bond donors (Lipinski definition) is 0. The van der Waals surface area contributed by atoms with E-state index >= 15 is 0 Å². The van der Waals surface area contributed by atoms with Crippen molar-refractivity contribution in [2.45, 2.75) is 12.8 Å². The van der Waals surface area contributed by atoms with Gasteiger partial charge in [-0.05, 0) is 31.0 Å². The second kappa shape index (κ2) is 4.69. The van der Waals surface area contributed by atoms with E-state index in [1.807, 2.05) is 41.3 Å². The number of rotatable bonds is 2. The molecule has 3 heteroatoms. The van der Waals surface area contributed by atoms with Gasteiger partial charge in [-0.1, -0.05) is 18.2 Å². The minimum atomic E-state index is 0.111. The molecule has 2 aromatic rings. The first kappa shape index (κ1) is 11.1. The van der Waals surface area contributed by atoms with Crippen LogP contribution in [0.1, 0.15) is 23.2 Å². The van der Waals surface area contributed by atoms with Crippen molar-refractivity contribution in [3.8, 4) is 11.3 Å². The number of carbonyl (C=O) groups excluding carboxylic acids is 1. The van der Waals surface area contributed by atoms with Crippen molar-refractivity contribution in [2.24, 2.45) is 0 Å². The molecule has 3 nitrogen and oxygen atoms in total. The van der Waals surface area contributed by atoms with Crippen molar-refractivity contribution in [1.29, 1.82) is 0 Å². The number of nitrogens with zero attached hydrogens (tertiary/aromatic N) is 1. The predicted octanol–water partition coefficient (Wildman–Crippen LogP) is 3.18. The summed E-state index contributed by atoms with van der Waals surface area (Å²) in [4.78, 5) is 14.4. The molecular formula is C15H15NO2. The summed E-state index contributed by atoms with van der Waals surface area (Å²) in [5, 5.41) is 0. The normalized spacial score (nSPS) is 15.0. The van der Waals surface area contributed by atoms with Crippen LogP contribution in [0.5, 0.6) is 0 Å². The Labute approximate surface area is 106 Å². The van der Waals surface area contributed by atoms with Gasteiger partial charge >= 0.3 is 0 Å². The first-order valence-corrected chi connectivity index (χ1v) is 6.28. The van der Waals surface area contributed by atoms with Gasteiger partial charge < -0.3 is 9.32 Å². The fourth-order valence-electron chi connectivity index (χ4n) is 2.41. The van der Waals surface area contributed by atoms with E-state index in [2.05, 4.69) is 0 Å². The van der Waals surface area contributed by atoms with E-state index in [1.54, 1.807) is 6.26 Å². The van der Waals surface area contributed by atoms with E-state index in [1.165, 1.54) is 0 Å². The molecule has 0 radical (unpaired) electrons. The first-order chi connectivity index (χ1) is 8.86. The van der Waals surface area contributed by atoms with Gasteiger partial charge in [0.25, 0.3) is 5.91 Å². The van der Waals surface area contributed by atoms with Crippen molar-refractivity contribution >= 4 is 5.91 Å². The summed E-state index contributed by atoms with van der Waals surface area (Å²) >= 11 is 0. The maximum absolute atomic E-state index is 12.4. The van der Waals surface area contributed by atoms with Gasteiger partial charge in [0.05, 0.1) is 11.8 Å². The number of carbonyl (C=O) groups is 1. The molecule has 92 valence electrons. The zero-order valence-electron chi connectivity index (χ0n) is 10.1. The Bertz CT molecular complexity index is 539. The van der Waals surface area contributed by atoms with Gasteiger partial charge in [-0.25, -0.2) is 0 Å². The van der Waals surface area contributed by atoms with Gasteiger partial charge in [-0.15, -0.1) is 0 Å². The zero-order valence-corrected chi connectivity index (χ0v) is 10.1. The molecule has 0 spiro atoms. The van der Waals surface area contributed by atoms with Crippen LogP contribution in [0.4, 0.5) is 0 Å². The minimum absolute atomic E-state index is 0.111. The Balaban J connectivity index is 1.99. The zero-order chi connectivity index (χ0) is 12.4. The highest BCUT2D eigenvalue weighted by molar-refractivity contribution is 6.00. The SMILES string of the molecule is O=C(c1ccccc1-c1ccco1)N1CCCC1. The molecule has 1 aliphatic heterocycles. The van der Waals surface area contributed by atoms with Crippen molar-refractivity contribution in [1.82, 2.24) is 4.90 Å². The van der Waals surface area contributed by atoms with Gasteiger partial charge in [0.15, 0.2) is 0 Å². The van der Waals surface area contributed by atoms with E-state index in [-0.39, 0.29) is 5.91 Å². The molecule has 1 fully saturated rings. The fourth-order valence-corrected chi connectivity index (χ4v) is 2.41. The molecule has 1 aromatic heterocycles. The summed E-state index contributed by atoms with van der Waals surface area (Å²) < 4.78 is 5.40. The number of likely N-dealkylation sites (tertiary alicyclic amines) is 1. The summed E-state index contributed by atoms with van der Waals surface area (Å²) in [6.45, 7) is 1.73. The first-order valence-electron chi connectivity index (χ1n) is 6.28. The van der Waals surface area contributed by atoms with Gasteiger partial charge in [-0.3, -0.25) is 4.79 Å². The molecule has 0 N–H and O–H groups in total. The topological polar surface area (TPSA) is 33.5 Å². The molecule has 18 heavy (non-hydrogen) atoms. The highest BCUT2D eigenvalue weighted by Gasteiger charge is 2.22. The Morgan fingerprint density at radius 1 is 1.06 bits per heavy atom. The lowest BCUT2D eigenvalue weighted by atomic mass is 10.0. The standard InChI is InChI=1S/C15H15NO2/c17-15(16-9-3-4-10-16)13-7-2-1-6-12(13)14-8-5-11-18-14/h1-2,5-8,11H,3-4,9-10H2. The maximum atomic E-state index is 12.4. The average molecular weight is 241 g/mol. The van der Waals surface area contributed by atoms with Gasteiger partial charge in [0, 0.05) is 18.7 Å². The molecule has 3 rings (SSSR count). The summed E-state index contributed by atoms with van der Waals surface area (Å²) in [6, 6.07) is 11.4. The smallest absolute Gasteiger partial charge is 0.254 e. The second-order valence-electron chi connectivity index (χ2n) is 4.52. The third-order valence-electron chi connectivity index (χ3n) is 3.34. The third-order valence-corrected chi connectivity index (χ3v) is 3.34. The number of hydrogen-bond acceptors (Lipinski definition) is 2. The molecule has 1 amide bonds. The van der Waals surface area contributed by atoms with Crippen molar-refractivity contribution in [3.63, 3.8) is 0 Å². The molecule has 0 aliphatic carbocycles. The van der Waals surface area contributed by atoms with Crippen molar-refractivity contribution in [2.75, 3.05) is 13.1 Å². The molecule has 1 aliphatic rings. The van der Waals surface area contributed by atoms with E-state index in [0.717, 1.165) is 42.8 Å². The van der Waals surface area contributed by atoms with Crippen LogP contribution in [-0.2, 0) is 0 Å². The lowest BCUT2D eigenvalue weighted by Crippen LogP contribution is -2.28. The monoisotopic (exact) mass is 241 g/mol. The Hall–Kier alpha value is -2.03. The molecule has 0 unspecified atom stereocenters. The fraction of sp³-hybridized carbons (Fsp3) is 0.267. The molecular weight excluding hydrogens is 226 g/mol. The van der Waals surface area contributed by atoms with Crippen LogP contribution >= 0.6 is 0 Å². The Morgan fingerprint density at radius 3 is 2.56 bits per heavy atom. The van der Waals surface area contributed by atoms with E-state index in [0.29, 0.717) is 0 Å². The molecule has 1 saturated heterocycles. The van der Waals surface area contributed by atoms with E-state index in [9.17, 15) is 4.79 Å². The molecule has 0 saturated carbocycles. The summed E-state index contributed by atoms with van der Waals surface area (Å²) in [7, 11) is 0. The van der Waals surface area contributed by atoms with E-state index < -0.39 is 0 Å². The van der Waals surface area contributed by atoms with Crippen molar-refractivity contribution < 1.29 is 9.21 Å². The van der Waals surface area contributed by atoms with E-state index in [4.69, 9.17) is 4.42 Å². The molecule has 1 aromatic carbocycles. The quantitative estimate of drug-likeness (QED) is 0.809. The average Bonchev–Trinajstić information content (AvgIpc) is 3.11. The molecule has 0 atom stereocenters. The number of amides is 1. The highest BCUT2D eigenvalue weighted by atomic mass is 16.3. The molecule has 2 heterocycles. The Morgan fingerprint density at radius 2 is 1.83 bits per heavy atom. The lowest BCUT2D eigenvalue weighted by Gasteiger charge is -2.16. The van der Waals surface area contributed by atoms with Crippen LogP contribution in [0.25, 0.3) is 11.3 Å². The minimum Gasteiger partial charge on any atom is -0.464 e. The maximum Gasteiger partial charge on any atom is 0.254 e. The van der Waals surface area contributed by atoms with Crippen LogP contribution in [0.15, 0.2) is 47.1 Å². The summed E-state index contributed by atoms with van der Waals surface area (Å²) in [5.41, 5.74) is 1.61. The van der Waals surface area contributed by atoms with Crippen LogP contribution in [0, 0.1) is 0 Å². The Kier molecular flexibility index (Phi) is 2.89. The second-order valence-corrected chi connectivity index (χ2v) is 4.52. The largest absolute Gasteiger partial charge is 0.464 e. The number of benzene rings is 1. The van der Waals surface area contributed by atoms with Gasteiger partial charge in [0.2, 0.25) is 0 Å². The van der Waals surface area contributed by atoms with Gasteiger partial charge in [-0.2, -0.15) is 0 Å². The van der Waals surface area contributed by atoms with Gasteiger partial charge in [0.1, 0.15) is 5.76 Å². The highest BCUT2D eigenvalue weighted by Crippen LogP contribution is 2.26. The van der Waals surface area contributed by atoms with Crippen LogP contribution < -0.4 is 0 Å².